The Kier molecular flexibility index (Phi) is 7.02. The Bertz CT molecular complexity index is 851. The van der Waals surface area contributed by atoms with E-state index in [2.05, 4.69) is 51.2 Å². The summed E-state index contributed by atoms with van der Waals surface area (Å²) in [5, 5.41) is 7.45. The lowest BCUT2D eigenvalue weighted by Crippen LogP contribution is -2.55. The molecule has 4 rings (SSSR count). The molecule has 1 aromatic heterocycles. The van der Waals surface area contributed by atoms with Crippen molar-refractivity contribution in [1.82, 2.24) is 25.3 Å². The third-order valence-electron chi connectivity index (χ3n) is 6.88. The Labute approximate surface area is 185 Å². The molecule has 0 bridgehead atoms. The normalized spacial score (nSPS) is 21.0. The van der Waals surface area contributed by atoms with Gasteiger partial charge >= 0.3 is 0 Å². The zero-order valence-corrected chi connectivity index (χ0v) is 19.0. The molecule has 1 saturated heterocycles. The van der Waals surface area contributed by atoms with Crippen LogP contribution in [0.4, 0.5) is 0 Å². The number of hydrogen-bond acceptors (Lipinski definition) is 6. The summed E-state index contributed by atoms with van der Waals surface area (Å²) in [4.78, 5) is 22.0. The number of rotatable bonds is 6. The molecule has 2 unspecified atom stereocenters. The highest BCUT2D eigenvalue weighted by Crippen LogP contribution is 2.24. The number of carbonyl (C=O) groups excluding carboxylic acids is 1. The maximum Gasteiger partial charge on any atom is 0.244 e. The molecule has 1 saturated carbocycles. The molecule has 2 heterocycles. The molecule has 2 fully saturated rings. The first kappa shape index (κ1) is 22.0. The van der Waals surface area contributed by atoms with Crippen LogP contribution in [0.5, 0.6) is 0 Å². The van der Waals surface area contributed by atoms with Gasteiger partial charge in [-0.3, -0.25) is 14.6 Å². The molecule has 0 radical (unpaired) electrons. The fourth-order valence-corrected chi connectivity index (χ4v) is 4.63. The molecule has 168 valence electrons. The van der Waals surface area contributed by atoms with Gasteiger partial charge < -0.3 is 9.84 Å². The standard InChI is InChI=1S/C24H35N5O2/c1-17-9-11-20(12-10-17)22-26-24(31-27-22)19(3)29-15-13-28(14-16-29)18(2)23(30)25-21-7-5-4-6-8-21/h9-12,18-19,21H,4-8,13-16H2,1-3H3,(H,25,30). The molecule has 2 aliphatic rings. The van der Waals surface area contributed by atoms with E-state index in [1.54, 1.807) is 0 Å². The van der Waals surface area contributed by atoms with Crippen molar-refractivity contribution in [2.75, 3.05) is 26.2 Å². The molecule has 1 amide bonds. The van der Waals surface area contributed by atoms with E-state index < -0.39 is 0 Å². The number of nitrogens with one attached hydrogen (secondary N) is 1. The highest BCUT2D eigenvalue weighted by molar-refractivity contribution is 5.81. The van der Waals surface area contributed by atoms with E-state index in [4.69, 9.17) is 4.52 Å². The molecule has 31 heavy (non-hydrogen) atoms. The van der Waals surface area contributed by atoms with Gasteiger partial charge in [0, 0.05) is 37.8 Å². The number of piperazine rings is 1. The molecule has 1 aliphatic carbocycles. The minimum atomic E-state index is -0.0871. The van der Waals surface area contributed by atoms with Gasteiger partial charge in [0.1, 0.15) is 0 Å². The van der Waals surface area contributed by atoms with E-state index in [0.717, 1.165) is 44.6 Å². The largest absolute Gasteiger partial charge is 0.352 e. The quantitative estimate of drug-likeness (QED) is 0.763. The van der Waals surface area contributed by atoms with Gasteiger partial charge in [0.15, 0.2) is 0 Å². The van der Waals surface area contributed by atoms with Crippen LogP contribution in [-0.4, -0.2) is 64.1 Å². The van der Waals surface area contributed by atoms with Crippen LogP contribution in [0.2, 0.25) is 0 Å². The smallest absolute Gasteiger partial charge is 0.244 e. The lowest BCUT2D eigenvalue weighted by atomic mass is 9.95. The number of aromatic nitrogens is 2. The molecule has 2 atom stereocenters. The van der Waals surface area contributed by atoms with E-state index in [0.29, 0.717) is 17.8 Å². The minimum absolute atomic E-state index is 0.0558. The highest BCUT2D eigenvalue weighted by atomic mass is 16.5. The highest BCUT2D eigenvalue weighted by Gasteiger charge is 2.30. The molecule has 1 aromatic carbocycles. The van der Waals surface area contributed by atoms with Crippen LogP contribution in [0.15, 0.2) is 28.8 Å². The predicted octanol–water partition coefficient (Wildman–Crippen LogP) is 3.56. The van der Waals surface area contributed by atoms with Gasteiger partial charge in [-0.25, -0.2) is 0 Å². The summed E-state index contributed by atoms with van der Waals surface area (Å²) in [6.07, 6.45) is 6.01. The van der Waals surface area contributed by atoms with E-state index in [-0.39, 0.29) is 18.0 Å². The average molecular weight is 426 g/mol. The van der Waals surface area contributed by atoms with Crippen molar-refractivity contribution < 1.29 is 9.32 Å². The molecule has 2 aromatic rings. The van der Waals surface area contributed by atoms with Gasteiger partial charge in [0.2, 0.25) is 17.6 Å². The first-order chi connectivity index (χ1) is 15.0. The van der Waals surface area contributed by atoms with Crippen molar-refractivity contribution in [3.8, 4) is 11.4 Å². The van der Waals surface area contributed by atoms with E-state index >= 15 is 0 Å². The number of amides is 1. The second-order valence-corrected chi connectivity index (χ2v) is 9.09. The Morgan fingerprint density at radius 2 is 1.68 bits per heavy atom. The topological polar surface area (TPSA) is 74.5 Å². The molecular weight excluding hydrogens is 390 g/mol. The first-order valence-electron chi connectivity index (χ1n) is 11.7. The van der Waals surface area contributed by atoms with Gasteiger partial charge in [-0.2, -0.15) is 4.98 Å². The van der Waals surface area contributed by atoms with Crippen molar-refractivity contribution in [1.29, 1.82) is 0 Å². The summed E-state index contributed by atoms with van der Waals surface area (Å²) >= 11 is 0. The zero-order valence-electron chi connectivity index (χ0n) is 19.0. The van der Waals surface area contributed by atoms with Gasteiger partial charge in [0.25, 0.3) is 0 Å². The number of aryl methyl sites for hydroxylation is 1. The fourth-order valence-electron chi connectivity index (χ4n) is 4.63. The summed E-state index contributed by atoms with van der Waals surface area (Å²) in [6.45, 7) is 9.69. The average Bonchev–Trinajstić information content (AvgIpc) is 3.29. The van der Waals surface area contributed by atoms with E-state index in [9.17, 15) is 4.79 Å². The zero-order chi connectivity index (χ0) is 21.8. The van der Waals surface area contributed by atoms with Crippen LogP contribution in [0, 0.1) is 6.92 Å². The molecule has 7 nitrogen and oxygen atoms in total. The third-order valence-corrected chi connectivity index (χ3v) is 6.88. The third kappa shape index (κ3) is 5.33. The van der Waals surface area contributed by atoms with Crippen LogP contribution in [0.1, 0.15) is 63.4 Å². The Hall–Kier alpha value is -2.25. The van der Waals surface area contributed by atoms with Crippen LogP contribution < -0.4 is 5.32 Å². The lowest BCUT2D eigenvalue weighted by molar-refractivity contribution is -0.127. The Morgan fingerprint density at radius 1 is 1.03 bits per heavy atom. The molecule has 0 spiro atoms. The minimum Gasteiger partial charge on any atom is -0.352 e. The first-order valence-corrected chi connectivity index (χ1v) is 11.7. The lowest BCUT2D eigenvalue weighted by Gasteiger charge is -2.39. The number of hydrogen-bond donors (Lipinski definition) is 1. The van der Waals surface area contributed by atoms with Crippen LogP contribution in [0.3, 0.4) is 0 Å². The maximum atomic E-state index is 12.7. The van der Waals surface area contributed by atoms with Gasteiger partial charge in [0.05, 0.1) is 12.1 Å². The van der Waals surface area contributed by atoms with Crippen LogP contribution >= 0.6 is 0 Å². The summed E-state index contributed by atoms with van der Waals surface area (Å²) in [6, 6.07) is 8.49. The number of benzene rings is 1. The molecule has 1 N–H and O–H groups in total. The Balaban J connectivity index is 1.29. The number of carbonyl (C=O) groups is 1. The molecular formula is C24H35N5O2. The summed E-state index contributed by atoms with van der Waals surface area (Å²) < 4.78 is 5.58. The molecule has 7 heteroatoms. The Morgan fingerprint density at radius 3 is 2.35 bits per heavy atom. The van der Waals surface area contributed by atoms with Crippen molar-refractivity contribution in [3.63, 3.8) is 0 Å². The van der Waals surface area contributed by atoms with Crippen molar-refractivity contribution in [2.45, 2.75) is 71.0 Å². The maximum absolute atomic E-state index is 12.7. The van der Waals surface area contributed by atoms with E-state index in [1.807, 2.05) is 19.1 Å². The van der Waals surface area contributed by atoms with Crippen LogP contribution in [-0.2, 0) is 4.79 Å². The van der Waals surface area contributed by atoms with Crippen molar-refractivity contribution >= 4 is 5.91 Å². The van der Waals surface area contributed by atoms with Crippen molar-refractivity contribution in [3.05, 3.63) is 35.7 Å². The second-order valence-electron chi connectivity index (χ2n) is 9.09. The summed E-state index contributed by atoms with van der Waals surface area (Å²) in [5.41, 5.74) is 2.18. The SMILES string of the molecule is Cc1ccc(-c2noc(C(C)N3CCN(C(C)C(=O)NC4CCCCC4)CC3)n2)cc1. The summed E-state index contributed by atoms with van der Waals surface area (Å²) in [5.74, 6) is 1.45. The summed E-state index contributed by atoms with van der Waals surface area (Å²) in [7, 11) is 0. The second kappa shape index (κ2) is 9.92. The fraction of sp³-hybridized carbons (Fsp3) is 0.625. The van der Waals surface area contributed by atoms with Gasteiger partial charge in [-0.05, 0) is 33.6 Å². The van der Waals surface area contributed by atoms with Gasteiger partial charge in [-0.15, -0.1) is 0 Å². The number of nitrogens with zero attached hydrogens (tertiary/aromatic N) is 4. The monoisotopic (exact) mass is 425 g/mol. The predicted molar refractivity (Wildman–Crippen MR) is 121 cm³/mol. The molecule has 1 aliphatic heterocycles. The van der Waals surface area contributed by atoms with E-state index in [1.165, 1.54) is 24.8 Å². The van der Waals surface area contributed by atoms with Crippen molar-refractivity contribution in [2.24, 2.45) is 0 Å². The van der Waals surface area contributed by atoms with Gasteiger partial charge in [-0.1, -0.05) is 54.2 Å². The van der Waals surface area contributed by atoms with Crippen LogP contribution in [0.25, 0.3) is 11.4 Å².